The van der Waals surface area contributed by atoms with Gasteiger partial charge in [-0.25, -0.2) is 0 Å². The molecule has 6 heteroatoms. The van der Waals surface area contributed by atoms with Crippen molar-refractivity contribution in [2.45, 2.75) is 19.9 Å². The van der Waals surface area contributed by atoms with Gasteiger partial charge < -0.3 is 14.2 Å². The van der Waals surface area contributed by atoms with Crippen LogP contribution in [0.1, 0.15) is 38.9 Å². The first-order chi connectivity index (χ1) is 13.8. The summed E-state index contributed by atoms with van der Waals surface area (Å²) in [5.74, 6) is -0.118. The molecule has 5 nitrogen and oxygen atoms in total. The van der Waals surface area contributed by atoms with Crippen LogP contribution in [0.25, 0.3) is 11.0 Å². The highest BCUT2D eigenvalue weighted by Gasteiger charge is 2.42. The van der Waals surface area contributed by atoms with E-state index in [0.717, 1.165) is 16.7 Å². The van der Waals surface area contributed by atoms with E-state index in [1.807, 2.05) is 57.1 Å². The number of carbonyl (C=O) groups is 1. The first-order valence-corrected chi connectivity index (χ1v) is 9.95. The number of aryl methyl sites for hydroxylation is 2. The van der Waals surface area contributed by atoms with E-state index in [4.69, 9.17) is 16.0 Å². The van der Waals surface area contributed by atoms with Crippen LogP contribution in [0.2, 0.25) is 5.02 Å². The molecule has 1 aromatic heterocycles. The third kappa shape index (κ3) is 3.34. The number of hydrogen-bond acceptors (Lipinski definition) is 4. The van der Waals surface area contributed by atoms with Crippen LogP contribution in [0.3, 0.4) is 0 Å². The lowest BCUT2D eigenvalue weighted by atomic mass is 9.97. The van der Waals surface area contributed by atoms with Gasteiger partial charge in [0.2, 0.25) is 5.76 Å². The van der Waals surface area contributed by atoms with Gasteiger partial charge in [0.05, 0.1) is 17.0 Å². The van der Waals surface area contributed by atoms with Crippen LogP contribution in [0.5, 0.6) is 0 Å². The first-order valence-electron chi connectivity index (χ1n) is 9.57. The van der Waals surface area contributed by atoms with Crippen molar-refractivity contribution in [1.82, 2.24) is 9.80 Å². The highest BCUT2D eigenvalue weighted by Crippen LogP contribution is 2.38. The second-order valence-electron chi connectivity index (χ2n) is 7.89. The van der Waals surface area contributed by atoms with Gasteiger partial charge in [0.25, 0.3) is 5.91 Å². The Morgan fingerprint density at radius 2 is 1.79 bits per heavy atom. The maximum atomic E-state index is 13.5. The molecular weight excluding hydrogens is 388 g/mol. The van der Waals surface area contributed by atoms with Crippen LogP contribution in [0.4, 0.5) is 0 Å². The quantitative estimate of drug-likeness (QED) is 0.647. The molecule has 0 saturated heterocycles. The maximum absolute atomic E-state index is 13.5. The summed E-state index contributed by atoms with van der Waals surface area (Å²) < 4.78 is 5.98. The molecule has 1 atom stereocenters. The predicted octanol–water partition coefficient (Wildman–Crippen LogP) is 4.17. The summed E-state index contributed by atoms with van der Waals surface area (Å²) in [5.41, 5.74) is 3.39. The molecule has 1 amide bonds. The fourth-order valence-electron chi connectivity index (χ4n) is 3.77. The number of likely N-dealkylation sites (N-methyl/N-ethyl adjacent to an activating group) is 1. The number of fused-ring (bicyclic) bond motifs is 2. The molecule has 0 unspecified atom stereocenters. The molecule has 2 heterocycles. The SMILES string of the molecule is Cc1ccc([C@@H]2c3c(oc4cc(C)c(Cl)cc4c3=O)C(=O)N2CCN(C)C)cc1. The average molecular weight is 411 g/mol. The van der Waals surface area contributed by atoms with Gasteiger partial charge in [-0.1, -0.05) is 41.4 Å². The minimum absolute atomic E-state index is 0.133. The minimum atomic E-state index is -0.473. The molecule has 0 fully saturated rings. The molecule has 0 N–H and O–H groups in total. The van der Waals surface area contributed by atoms with Crippen LogP contribution in [0.15, 0.2) is 45.6 Å². The molecule has 4 rings (SSSR count). The highest BCUT2D eigenvalue weighted by atomic mass is 35.5. The molecule has 0 saturated carbocycles. The van der Waals surface area contributed by atoms with Crippen molar-refractivity contribution >= 4 is 28.5 Å². The summed E-state index contributed by atoms with van der Waals surface area (Å²) in [6, 6.07) is 10.8. The maximum Gasteiger partial charge on any atom is 0.290 e. The van der Waals surface area contributed by atoms with E-state index in [2.05, 4.69) is 0 Å². The second kappa shape index (κ2) is 7.32. The number of halogens is 1. The molecule has 1 aliphatic rings. The lowest BCUT2D eigenvalue weighted by Crippen LogP contribution is -2.35. The van der Waals surface area contributed by atoms with E-state index in [0.29, 0.717) is 34.6 Å². The van der Waals surface area contributed by atoms with Crippen molar-refractivity contribution in [3.8, 4) is 0 Å². The smallest absolute Gasteiger partial charge is 0.290 e. The van der Waals surface area contributed by atoms with Crippen molar-refractivity contribution < 1.29 is 9.21 Å². The third-order valence-electron chi connectivity index (χ3n) is 5.43. The largest absolute Gasteiger partial charge is 0.450 e. The Kier molecular flexibility index (Phi) is 4.97. The molecule has 2 aromatic carbocycles. The molecule has 3 aromatic rings. The normalized spacial score (nSPS) is 16.1. The zero-order chi connectivity index (χ0) is 20.9. The lowest BCUT2D eigenvalue weighted by molar-refractivity contribution is 0.0716. The fraction of sp³-hybridized carbons (Fsp3) is 0.304. The number of amides is 1. The Morgan fingerprint density at radius 1 is 1.10 bits per heavy atom. The van der Waals surface area contributed by atoms with E-state index < -0.39 is 6.04 Å². The number of carbonyl (C=O) groups excluding carboxylic acids is 1. The molecule has 0 radical (unpaired) electrons. The standard InChI is InChI=1S/C23H23ClN2O3/c1-13-5-7-15(8-6-13)20-19-21(27)16-12-17(24)14(2)11-18(16)29-22(19)23(28)26(20)10-9-25(3)4/h5-8,11-12,20H,9-10H2,1-4H3/t20-/m1/s1. The van der Waals surface area contributed by atoms with Gasteiger partial charge >= 0.3 is 0 Å². The lowest BCUT2D eigenvalue weighted by Gasteiger charge is -2.26. The number of rotatable bonds is 4. The Labute approximate surface area is 174 Å². The van der Waals surface area contributed by atoms with Crippen molar-refractivity contribution in [2.24, 2.45) is 0 Å². The van der Waals surface area contributed by atoms with Gasteiger partial charge in [-0.15, -0.1) is 0 Å². The van der Waals surface area contributed by atoms with Crippen molar-refractivity contribution in [3.05, 3.63) is 79.7 Å². The van der Waals surface area contributed by atoms with Crippen molar-refractivity contribution in [1.29, 1.82) is 0 Å². The van der Waals surface area contributed by atoms with E-state index in [1.54, 1.807) is 17.0 Å². The van der Waals surface area contributed by atoms with Crippen molar-refractivity contribution in [3.63, 3.8) is 0 Å². The second-order valence-corrected chi connectivity index (χ2v) is 8.29. The Hall–Kier alpha value is -2.63. The van der Waals surface area contributed by atoms with Crippen LogP contribution in [-0.2, 0) is 0 Å². The fourth-order valence-corrected chi connectivity index (χ4v) is 3.94. The molecule has 29 heavy (non-hydrogen) atoms. The first kappa shape index (κ1) is 19.7. The van der Waals surface area contributed by atoms with Gasteiger partial charge in [-0.05, 0) is 51.2 Å². The van der Waals surface area contributed by atoms with Gasteiger partial charge in [-0.2, -0.15) is 0 Å². The summed E-state index contributed by atoms with van der Waals surface area (Å²) in [4.78, 5) is 30.5. The zero-order valence-electron chi connectivity index (χ0n) is 17.0. The van der Waals surface area contributed by atoms with Crippen LogP contribution in [-0.4, -0.2) is 42.9 Å². The molecule has 1 aliphatic heterocycles. The summed E-state index contributed by atoms with van der Waals surface area (Å²) in [5, 5.41) is 0.907. The van der Waals surface area contributed by atoms with Crippen LogP contribution in [0, 0.1) is 13.8 Å². The van der Waals surface area contributed by atoms with Gasteiger partial charge in [0.15, 0.2) is 5.43 Å². The summed E-state index contributed by atoms with van der Waals surface area (Å²) in [7, 11) is 3.91. The van der Waals surface area contributed by atoms with E-state index in [1.165, 1.54) is 0 Å². The third-order valence-corrected chi connectivity index (χ3v) is 5.84. The molecular formula is C23H23ClN2O3. The Balaban J connectivity index is 1.96. The zero-order valence-corrected chi connectivity index (χ0v) is 17.7. The number of nitrogens with zero attached hydrogens (tertiary/aromatic N) is 2. The van der Waals surface area contributed by atoms with Crippen molar-refractivity contribution in [2.75, 3.05) is 27.2 Å². The van der Waals surface area contributed by atoms with E-state index in [9.17, 15) is 9.59 Å². The highest BCUT2D eigenvalue weighted by molar-refractivity contribution is 6.32. The molecule has 0 bridgehead atoms. The van der Waals surface area contributed by atoms with Gasteiger partial charge in [0, 0.05) is 18.1 Å². The number of benzene rings is 2. The average Bonchev–Trinajstić information content (AvgIpc) is 2.95. The summed E-state index contributed by atoms with van der Waals surface area (Å²) in [6.45, 7) is 5.02. The molecule has 0 spiro atoms. The van der Waals surface area contributed by atoms with E-state index in [-0.39, 0.29) is 17.1 Å². The van der Waals surface area contributed by atoms with Gasteiger partial charge in [0.1, 0.15) is 5.58 Å². The topological polar surface area (TPSA) is 53.8 Å². The van der Waals surface area contributed by atoms with E-state index >= 15 is 0 Å². The van der Waals surface area contributed by atoms with Crippen LogP contribution >= 0.6 is 11.6 Å². The summed E-state index contributed by atoms with van der Waals surface area (Å²) >= 11 is 6.26. The Morgan fingerprint density at radius 3 is 2.45 bits per heavy atom. The Bertz CT molecular complexity index is 1170. The van der Waals surface area contributed by atoms with Gasteiger partial charge in [-0.3, -0.25) is 9.59 Å². The monoisotopic (exact) mass is 410 g/mol. The van der Waals surface area contributed by atoms with Crippen LogP contribution < -0.4 is 5.43 Å². The molecule has 150 valence electrons. The minimum Gasteiger partial charge on any atom is -0.450 e. The molecule has 0 aliphatic carbocycles. The predicted molar refractivity (Wildman–Crippen MR) is 115 cm³/mol. The summed E-state index contributed by atoms with van der Waals surface area (Å²) in [6.07, 6.45) is 0. The number of hydrogen-bond donors (Lipinski definition) is 0.